The van der Waals surface area contributed by atoms with Crippen LogP contribution in [0.4, 0.5) is 0 Å². The lowest BCUT2D eigenvalue weighted by Gasteiger charge is -2.22. The van der Waals surface area contributed by atoms with Gasteiger partial charge >= 0.3 is 0 Å². The Kier molecular flexibility index (Phi) is 2.45. The number of nitrogens with one attached hydrogen (secondary N) is 1. The molecule has 3 heteroatoms. The molecule has 0 saturated carbocycles. The summed E-state index contributed by atoms with van der Waals surface area (Å²) in [6.45, 7) is 5.96. The van der Waals surface area contributed by atoms with E-state index in [-0.39, 0.29) is 0 Å². The summed E-state index contributed by atoms with van der Waals surface area (Å²) in [6, 6.07) is 2.08. The van der Waals surface area contributed by atoms with E-state index in [2.05, 4.69) is 23.1 Å². The molecule has 0 aliphatic carbocycles. The molecule has 0 bridgehead atoms. The predicted molar refractivity (Wildman–Crippen MR) is 53.5 cm³/mol. The molecule has 1 fully saturated rings. The van der Waals surface area contributed by atoms with Crippen molar-refractivity contribution >= 4 is 6.20 Å². The first-order chi connectivity index (χ1) is 6.42. The van der Waals surface area contributed by atoms with Crippen LogP contribution in [0.25, 0.3) is 6.20 Å². The zero-order valence-electron chi connectivity index (χ0n) is 7.74. The molecule has 2 rings (SSSR count). The molecule has 13 heavy (non-hydrogen) atoms. The van der Waals surface area contributed by atoms with Crippen molar-refractivity contribution in [3.8, 4) is 0 Å². The standard InChI is InChI=1S/C10H15N3/c1-2-13-10(5-7-12-13)9-4-3-6-11-8-9/h2,5,7,9,11H,1,3-4,6,8H2. The third kappa shape index (κ3) is 1.65. The summed E-state index contributed by atoms with van der Waals surface area (Å²) < 4.78 is 1.87. The third-order valence-corrected chi connectivity index (χ3v) is 2.59. The molecular weight excluding hydrogens is 162 g/mol. The molecule has 3 nitrogen and oxygen atoms in total. The summed E-state index contributed by atoms with van der Waals surface area (Å²) >= 11 is 0. The molecule has 1 unspecified atom stereocenters. The summed E-state index contributed by atoms with van der Waals surface area (Å²) in [4.78, 5) is 0. The number of piperidine rings is 1. The highest BCUT2D eigenvalue weighted by Gasteiger charge is 2.17. The van der Waals surface area contributed by atoms with Crippen molar-refractivity contribution in [1.29, 1.82) is 0 Å². The van der Waals surface area contributed by atoms with Gasteiger partial charge in [0.1, 0.15) is 0 Å². The maximum absolute atomic E-state index is 4.18. The van der Waals surface area contributed by atoms with Gasteiger partial charge in [0.2, 0.25) is 0 Å². The van der Waals surface area contributed by atoms with Gasteiger partial charge in [-0.25, -0.2) is 4.68 Å². The van der Waals surface area contributed by atoms with Gasteiger partial charge < -0.3 is 5.32 Å². The Balaban J connectivity index is 2.17. The molecule has 1 aliphatic heterocycles. The summed E-state index contributed by atoms with van der Waals surface area (Å²) in [5.41, 5.74) is 1.28. The largest absolute Gasteiger partial charge is 0.316 e. The van der Waals surface area contributed by atoms with Gasteiger partial charge in [0, 0.05) is 30.6 Å². The van der Waals surface area contributed by atoms with Crippen LogP contribution in [0.5, 0.6) is 0 Å². The van der Waals surface area contributed by atoms with Crippen molar-refractivity contribution < 1.29 is 0 Å². The average molecular weight is 177 g/mol. The first-order valence-corrected chi connectivity index (χ1v) is 4.78. The minimum Gasteiger partial charge on any atom is -0.316 e. The normalized spacial score (nSPS) is 22.9. The molecule has 1 saturated heterocycles. The Bertz CT molecular complexity index is 284. The lowest BCUT2D eigenvalue weighted by atomic mass is 9.96. The molecule has 1 N–H and O–H groups in total. The van der Waals surface area contributed by atoms with Crippen LogP contribution >= 0.6 is 0 Å². The quantitative estimate of drug-likeness (QED) is 0.741. The second-order valence-electron chi connectivity index (χ2n) is 3.43. The van der Waals surface area contributed by atoms with Gasteiger partial charge in [-0.1, -0.05) is 6.58 Å². The van der Waals surface area contributed by atoms with E-state index in [4.69, 9.17) is 0 Å². The fourth-order valence-electron chi connectivity index (χ4n) is 1.90. The number of nitrogens with zero attached hydrogens (tertiary/aromatic N) is 2. The smallest absolute Gasteiger partial charge is 0.0496 e. The first-order valence-electron chi connectivity index (χ1n) is 4.78. The summed E-state index contributed by atoms with van der Waals surface area (Å²) in [6.07, 6.45) is 6.12. The second kappa shape index (κ2) is 3.75. The zero-order valence-corrected chi connectivity index (χ0v) is 7.74. The lowest BCUT2D eigenvalue weighted by Crippen LogP contribution is -2.29. The summed E-state index contributed by atoms with van der Waals surface area (Å²) in [7, 11) is 0. The van der Waals surface area contributed by atoms with Crippen molar-refractivity contribution in [1.82, 2.24) is 15.1 Å². The first kappa shape index (κ1) is 8.51. The Hall–Kier alpha value is -1.09. The topological polar surface area (TPSA) is 29.9 Å². The van der Waals surface area contributed by atoms with E-state index < -0.39 is 0 Å². The van der Waals surface area contributed by atoms with Crippen LogP contribution in [0.3, 0.4) is 0 Å². The van der Waals surface area contributed by atoms with Crippen LogP contribution in [-0.2, 0) is 0 Å². The van der Waals surface area contributed by atoms with Gasteiger partial charge in [-0.05, 0) is 25.5 Å². The fourth-order valence-corrected chi connectivity index (χ4v) is 1.90. The van der Waals surface area contributed by atoms with Gasteiger partial charge in [0.15, 0.2) is 0 Å². The molecule has 0 radical (unpaired) electrons. The van der Waals surface area contributed by atoms with E-state index >= 15 is 0 Å². The molecule has 0 aromatic carbocycles. The van der Waals surface area contributed by atoms with Crippen LogP contribution in [0.1, 0.15) is 24.5 Å². The number of hydrogen-bond donors (Lipinski definition) is 1. The predicted octanol–water partition coefficient (Wildman–Crippen LogP) is 1.45. The number of hydrogen-bond acceptors (Lipinski definition) is 2. The van der Waals surface area contributed by atoms with Gasteiger partial charge in [-0.15, -0.1) is 0 Å². The molecule has 1 aliphatic rings. The summed E-state index contributed by atoms with van der Waals surface area (Å²) in [5, 5.41) is 7.58. The van der Waals surface area contributed by atoms with Crippen molar-refractivity contribution in [3.05, 3.63) is 24.5 Å². The average Bonchev–Trinajstić information content (AvgIpc) is 2.67. The van der Waals surface area contributed by atoms with Crippen molar-refractivity contribution in [3.63, 3.8) is 0 Å². The molecule has 1 aromatic heterocycles. The van der Waals surface area contributed by atoms with E-state index in [1.165, 1.54) is 18.5 Å². The Labute approximate surface area is 78.4 Å². The molecule has 1 atom stereocenters. The minimum absolute atomic E-state index is 0.606. The highest BCUT2D eigenvalue weighted by atomic mass is 15.3. The van der Waals surface area contributed by atoms with Crippen molar-refractivity contribution in [2.75, 3.05) is 13.1 Å². The molecule has 0 amide bonds. The number of aromatic nitrogens is 2. The van der Waals surface area contributed by atoms with E-state index in [9.17, 15) is 0 Å². The SMILES string of the molecule is C=Cn1nccc1C1CCCNC1. The highest BCUT2D eigenvalue weighted by molar-refractivity contribution is 5.23. The van der Waals surface area contributed by atoms with Crippen LogP contribution in [0.2, 0.25) is 0 Å². The Morgan fingerprint density at radius 2 is 2.62 bits per heavy atom. The molecule has 0 spiro atoms. The fraction of sp³-hybridized carbons (Fsp3) is 0.500. The molecule has 1 aromatic rings. The maximum Gasteiger partial charge on any atom is 0.0496 e. The van der Waals surface area contributed by atoms with Gasteiger partial charge in [-0.2, -0.15) is 5.10 Å². The van der Waals surface area contributed by atoms with Crippen LogP contribution in [0, 0.1) is 0 Å². The van der Waals surface area contributed by atoms with E-state index in [1.54, 1.807) is 6.20 Å². The van der Waals surface area contributed by atoms with Crippen molar-refractivity contribution in [2.45, 2.75) is 18.8 Å². The zero-order chi connectivity index (χ0) is 9.10. The van der Waals surface area contributed by atoms with E-state index in [0.717, 1.165) is 13.1 Å². The van der Waals surface area contributed by atoms with Crippen LogP contribution < -0.4 is 5.32 Å². The van der Waals surface area contributed by atoms with E-state index in [0.29, 0.717) is 5.92 Å². The molecule has 70 valence electrons. The molecule has 2 heterocycles. The second-order valence-corrected chi connectivity index (χ2v) is 3.43. The van der Waals surface area contributed by atoms with Crippen molar-refractivity contribution in [2.24, 2.45) is 0 Å². The summed E-state index contributed by atoms with van der Waals surface area (Å²) in [5.74, 6) is 0.606. The monoisotopic (exact) mass is 177 g/mol. The van der Waals surface area contributed by atoms with Crippen LogP contribution in [0.15, 0.2) is 18.8 Å². The van der Waals surface area contributed by atoms with Crippen LogP contribution in [-0.4, -0.2) is 22.9 Å². The lowest BCUT2D eigenvalue weighted by molar-refractivity contribution is 0.449. The minimum atomic E-state index is 0.606. The third-order valence-electron chi connectivity index (χ3n) is 2.59. The molecular formula is C10H15N3. The number of rotatable bonds is 2. The van der Waals surface area contributed by atoms with Gasteiger partial charge in [0.25, 0.3) is 0 Å². The highest BCUT2D eigenvalue weighted by Crippen LogP contribution is 2.22. The van der Waals surface area contributed by atoms with E-state index in [1.807, 2.05) is 10.9 Å². The Morgan fingerprint density at radius 1 is 1.69 bits per heavy atom. The van der Waals surface area contributed by atoms with Gasteiger partial charge in [0.05, 0.1) is 0 Å². The van der Waals surface area contributed by atoms with Gasteiger partial charge in [-0.3, -0.25) is 0 Å². The maximum atomic E-state index is 4.18. The Morgan fingerprint density at radius 3 is 3.31 bits per heavy atom.